The van der Waals surface area contributed by atoms with Gasteiger partial charge < -0.3 is 9.31 Å². The summed E-state index contributed by atoms with van der Waals surface area (Å²) in [7, 11) is -0.162. The molecular formula is C9H8BF3O2. The van der Waals surface area contributed by atoms with Gasteiger partial charge in [0.1, 0.15) is 5.75 Å². The van der Waals surface area contributed by atoms with E-state index in [2.05, 4.69) is 11.2 Å². The Balaban J connectivity index is 2.70. The lowest BCUT2D eigenvalue weighted by Gasteiger charge is -2.09. The molecule has 0 atom stereocenters. The largest absolute Gasteiger partial charge is 0.576 e. The second-order valence-electron chi connectivity index (χ2n) is 2.62. The van der Waals surface area contributed by atoms with Crippen molar-refractivity contribution < 1.29 is 22.5 Å². The maximum absolute atomic E-state index is 12.3. The van der Waals surface area contributed by atoms with Crippen LogP contribution in [0.1, 0.15) is 5.56 Å². The van der Waals surface area contributed by atoms with Crippen molar-refractivity contribution in [1.29, 1.82) is 0 Å². The summed E-state index contributed by atoms with van der Waals surface area (Å²) < 4.78 is 46.3. The van der Waals surface area contributed by atoms with Crippen molar-refractivity contribution in [3.63, 3.8) is 0 Å². The van der Waals surface area contributed by atoms with Gasteiger partial charge in [0.15, 0.2) is 0 Å². The van der Waals surface area contributed by atoms with Crippen molar-refractivity contribution in [2.75, 3.05) is 0 Å². The zero-order valence-electron chi connectivity index (χ0n) is 7.75. The van der Waals surface area contributed by atoms with E-state index in [1.165, 1.54) is 12.1 Å². The Morgan fingerprint density at radius 3 is 2.67 bits per heavy atom. The lowest BCUT2D eigenvalue weighted by molar-refractivity contribution is -0.137. The molecule has 0 aromatic heterocycles. The minimum atomic E-state index is -4.36. The fourth-order valence-electron chi connectivity index (χ4n) is 0.912. The van der Waals surface area contributed by atoms with Crippen molar-refractivity contribution in [3.05, 3.63) is 42.7 Å². The average molecular weight is 216 g/mol. The molecule has 0 bridgehead atoms. The van der Waals surface area contributed by atoms with Crippen LogP contribution in [-0.2, 0) is 10.8 Å². The Bertz CT molecular complexity index is 338. The van der Waals surface area contributed by atoms with Crippen LogP contribution >= 0.6 is 0 Å². The molecule has 0 saturated carbocycles. The van der Waals surface area contributed by atoms with Crippen molar-refractivity contribution in [1.82, 2.24) is 0 Å². The maximum Gasteiger partial charge on any atom is 0.576 e. The normalized spacial score (nSPS) is 10.6. The Morgan fingerprint density at radius 2 is 2.07 bits per heavy atom. The van der Waals surface area contributed by atoms with Crippen LogP contribution in [0.3, 0.4) is 0 Å². The second kappa shape index (κ2) is 4.77. The minimum absolute atomic E-state index is 0.103. The molecule has 0 fully saturated rings. The summed E-state index contributed by atoms with van der Waals surface area (Å²) in [6.45, 7) is 3.27. The molecule has 1 aromatic carbocycles. The first-order chi connectivity index (χ1) is 7.04. The highest BCUT2D eigenvalue weighted by atomic mass is 19.4. The lowest BCUT2D eigenvalue weighted by Crippen LogP contribution is -2.07. The van der Waals surface area contributed by atoms with Crippen LogP contribution in [0.4, 0.5) is 13.2 Å². The smallest absolute Gasteiger partial charge is 0.535 e. The maximum atomic E-state index is 12.3. The molecule has 0 aliphatic carbocycles. The topological polar surface area (TPSA) is 18.5 Å². The monoisotopic (exact) mass is 216 g/mol. The van der Waals surface area contributed by atoms with Gasteiger partial charge in [-0.25, -0.2) is 0 Å². The first-order valence-electron chi connectivity index (χ1n) is 4.06. The van der Waals surface area contributed by atoms with Gasteiger partial charge >= 0.3 is 13.9 Å². The van der Waals surface area contributed by atoms with Crippen molar-refractivity contribution in [2.24, 2.45) is 0 Å². The van der Waals surface area contributed by atoms with Gasteiger partial charge in [-0.05, 0) is 18.2 Å². The Labute approximate surface area is 85.6 Å². The molecule has 1 aromatic rings. The molecule has 80 valence electrons. The second-order valence-corrected chi connectivity index (χ2v) is 2.62. The highest BCUT2D eigenvalue weighted by molar-refractivity contribution is 6.19. The molecule has 0 saturated heterocycles. The summed E-state index contributed by atoms with van der Waals surface area (Å²) in [5.41, 5.74) is -0.751. The van der Waals surface area contributed by atoms with E-state index in [-0.39, 0.29) is 13.4 Å². The predicted octanol–water partition coefficient (Wildman–Crippen LogP) is 2.51. The van der Waals surface area contributed by atoms with Crippen LogP contribution in [0.25, 0.3) is 0 Å². The van der Waals surface area contributed by atoms with Gasteiger partial charge in [-0.1, -0.05) is 12.6 Å². The Morgan fingerprint density at radius 1 is 1.33 bits per heavy atom. The molecule has 0 N–H and O–H groups in total. The predicted molar refractivity (Wildman–Crippen MR) is 50.5 cm³/mol. The van der Waals surface area contributed by atoms with E-state index < -0.39 is 11.7 Å². The van der Waals surface area contributed by atoms with E-state index in [1.807, 2.05) is 0 Å². The highest BCUT2D eigenvalue weighted by Gasteiger charge is 2.30. The van der Waals surface area contributed by atoms with Crippen LogP contribution < -0.4 is 4.65 Å². The molecule has 0 aliphatic rings. The fraction of sp³-hybridized carbons (Fsp3) is 0.111. The number of rotatable bonds is 4. The Hall–Kier alpha value is -1.59. The molecule has 6 heteroatoms. The zero-order chi connectivity index (χ0) is 11.3. The van der Waals surface area contributed by atoms with Gasteiger partial charge in [0.05, 0.1) is 11.8 Å². The molecule has 0 heterocycles. The van der Waals surface area contributed by atoms with E-state index in [0.29, 0.717) is 0 Å². The van der Waals surface area contributed by atoms with E-state index in [9.17, 15) is 13.2 Å². The number of benzene rings is 1. The molecule has 0 spiro atoms. The highest BCUT2D eigenvalue weighted by Crippen LogP contribution is 2.31. The van der Waals surface area contributed by atoms with Gasteiger partial charge in [0.2, 0.25) is 0 Å². The fourth-order valence-corrected chi connectivity index (χ4v) is 0.912. The van der Waals surface area contributed by atoms with E-state index >= 15 is 0 Å². The van der Waals surface area contributed by atoms with Crippen LogP contribution in [0.2, 0.25) is 0 Å². The molecule has 0 amide bonds. The van der Waals surface area contributed by atoms with E-state index in [4.69, 9.17) is 4.65 Å². The van der Waals surface area contributed by atoms with Crippen molar-refractivity contribution in [2.45, 2.75) is 6.18 Å². The van der Waals surface area contributed by atoms with Crippen LogP contribution in [0.5, 0.6) is 5.75 Å². The molecular weight excluding hydrogens is 208 g/mol. The van der Waals surface area contributed by atoms with Gasteiger partial charge in [-0.2, -0.15) is 13.2 Å². The summed E-state index contributed by atoms with van der Waals surface area (Å²) in [4.78, 5) is 0. The number of alkyl halides is 3. The van der Waals surface area contributed by atoms with Crippen molar-refractivity contribution >= 4 is 7.69 Å². The first kappa shape index (κ1) is 11.5. The minimum Gasteiger partial charge on any atom is -0.535 e. The average Bonchev–Trinajstić information content (AvgIpc) is 2.17. The third-order valence-corrected chi connectivity index (χ3v) is 1.57. The number of hydrogen-bond acceptors (Lipinski definition) is 2. The third-order valence-electron chi connectivity index (χ3n) is 1.57. The standard InChI is InChI=1S/C9H8BF3O2/c1-2-14-10-15-8-5-3-4-7(6-8)9(11,12)13/h2-6,10H,1H2. The third kappa shape index (κ3) is 3.57. The lowest BCUT2D eigenvalue weighted by atomic mass is 10.2. The molecule has 1 rings (SSSR count). The summed E-state index contributed by atoms with van der Waals surface area (Å²) in [6, 6.07) is 4.57. The molecule has 0 unspecified atom stereocenters. The first-order valence-corrected chi connectivity index (χ1v) is 4.06. The molecule has 15 heavy (non-hydrogen) atoms. The Kier molecular flexibility index (Phi) is 3.65. The quantitative estimate of drug-likeness (QED) is 0.437. The summed E-state index contributed by atoms with van der Waals surface area (Å²) in [6.07, 6.45) is -3.22. The van der Waals surface area contributed by atoms with Crippen LogP contribution in [-0.4, -0.2) is 7.69 Å². The van der Waals surface area contributed by atoms with E-state index in [1.54, 1.807) is 0 Å². The van der Waals surface area contributed by atoms with Gasteiger partial charge in [-0.15, -0.1) is 0 Å². The van der Waals surface area contributed by atoms with Crippen LogP contribution in [0.15, 0.2) is 37.1 Å². The summed E-state index contributed by atoms with van der Waals surface area (Å²) in [5, 5.41) is 0. The SMILES string of the molecule is C=COBOc1cccc(C(F)(F)F)c1. The molecule has 2 nitrogen and oxygen atoms in total. The number of halogens is 3. The number of hydrogen-bond donors (Lipinski definition) is 0. The zero-order valence-corrected chi connectivity index (χ0v) is 7.75. The van der Waals surface area contributed by atoms with Crippen LogP contribution in [0, 0.1) is 0 Å². The molecule has 0 radical (unpaired) electrons. The van der Waals surface area contributed by atoms with Crippen molar-refractivity contribution in [3.8, 4) is 5.75 Å². The van der Waals surface area contributed by atoms with Gasteiger partial charge in [0.25, 0.3) is 0 Å². The van der Waals surface area contributed by atoms with Gasteiger partial charge in [-0.3, -0.25) is 0 Å². The van der Waals surface area contributed by atoms with E-state index in [0.717, 1.165) is 18.4 Å². The van der Waals surface area contributed by atoms with Gasteiger partial charge in [0, 0.05) is 0 Å². The summed E-state index contributed by atoms with van der Waals surface area (Å²) >= 11 is 0. The molecule has 0 aliphatic heterocycles. The summed E-state index contributed by atoms with van der Waals surface area (Å²) in [5.74, 6) is 0.103.